The molecule has 5 nitrogen and oxygen atoms in total. The molecule has 0 atom stereocenters. The molecule has 5 heteroatoms. The van der Waals surface area contributed by atoms with Gasteiger partial charge in [-0.3, -0.25) is 0 Å². The van der Waals surface area contributed by atoms with Crippen molar-refractivity contribution in [2.24, 2.45) is 11.8 Å². The number of esters is 2. The molecule has 1 rings (SSSR count). The number of aromatic hydroxyl groups is 1. The normalized spacial score (nSPS) is 10.9. The van der Waals surface area contributed by atoms with Crippen molar-refractivity contribution >= 4 is 11.9 Å². The molecule has 0 aliphatic rings. The van der Waals surface area contributed by atoms with Gasteiger partial charge in [0.25, 0.3) is 0 Å². The smallest absolute Gasteiger partial charge is 0.341 e. The number of ether oxygens (including phenoxy) is 2. The van der Waals surface area contributed by atoms with E-state index < -0.39 is 11.9 Å². The van der Waals surface area contributed by atoms with Crippen LogP contribution in [0.3, 0.4) is 0 Å². The Bertz CT molecular complexity index is 501. The molecule has 1 aromatic rings. The molecule has 1 aromatic carbocycles. The minimum absolute atomic E-state index is 0.0252. The van der Waals surface area contributed by atoms with Gasteiger partial charge in [0.05, 0.1) is 18.8 Å². The first-order valence-corrected chi connectivity index (χ1v) is 7.40. The van der Waals surface area contributed by atoms with Gasteiger partial charge in [-0.25, -0.2) is 9.59 Å². The summed E-state index contributed by atoms with van der Waals surface area (Å²) < 4.78 is 10.3. The van der Waals surface area contributed by atoms with E-state index in [0.29, 0.717) is 12.2 Å². The summed E-state index contributed by atoms with van der Waals surface area (Å²) in [6, 6.07) is 2.70. The van der Waals surface area contributed by atoms with Crippen LogP contribution in [0.15, 0.2) is 12.1 Å². The Morgan fingerprint density at radius 1 is 0.955 bits per heavy atom. The molecule has 0 amide bonds. The summed E-state index contributed by atoms with van der Waals surface area (Å²) in [5, 5.41) is 9.90. The first-order valence-electron chi connectivity index (χ1n) is 7.40. The summed E-state index contributed by atoms with van der Waals surface area (Å²) in [5.41, 5.74) is 0.782. The number of aryl methyl sites for hydroxylation is 1. The number of hydrogen-bond acceptors (Lipinski definition) is 5. The van der Waals surface area contributed by atoms with E-state index in [1.807, 2.05) is 27.7 Å². The molecule has 22 heavy (non-hydrogen) atoms. The Kier molecular flexibility index (Phi) is 6.40. The second kappa shape index (κ2) is 7.82. The monoisotopic (exact) mass is 308 g/mol. The van der Waals surface area contributed by atoms with E-state index in [-0.39, 0.29) is 35.3 Å². The Labute approximate surface area is 131 Å². The lowest BCUT2D eigenvalue weighted by atomic mass is 10.0. The summed E-state index contributed by atoms with van der Waals surface area (Å²) in [7, 11) is 0. The third-order valence-corrected chi connectivity index (χ3v) is 2.88. The minimum atomic E-state index is -0.649. The molecule has 0 aliphatic carbocycles. The number of carbonyl (C=O) groups is 2. The van der Waals surface area contributed by atoms with Crippen LogP contribution in [0.4, 0.5) is 0 Å². The summed E-state index contributed by atoms with van der Waals surface area (Å²) in [6.07, 6.45) is 0. The molecule has 0 radical (unpaired) electrons. The van der Waals surface area contributed by atoms with E-state index in [4.69, 9.17) is 9.47 Å². The molecule has 0 bridgehead atoms. The van der Waals surface area contributed by atoms with E-state index >= 15 is 0 Å². The lowest BCUT2D eigenvalue weighted by Gasteiger charge is -2.12. The van der Waals surface area contributed by atoms with Crippen molar-refractivity contribution in [3.63, 3.8) is 0 Å². The van der Waals surface area contributed by atoms with Crippen LogP contribution in [0.1, 0.15) is 54.0 Å². The van der Waals surface area contributed by atoms with Crippen LogP contribution in [0, 0.1) is 18.8 Å². The molecule has 0 fully saturated rings. The van der Waals surface area contributed by atoms with Crippen LogP contribution in [0.5, 0.6) is 5.75 Å². The fraction of sp³-hybridized carbons (Fsp3) is 0.529. The van der Waals surface area contributed by atoms with Gasteiger partial charge in [0.1, 0.15) is 11.3 Å². The van der Waals surface area contributed by atoms with Crippen LogP contribution < -0.4 is 0 Å². The van der Waals surface area contributed by atoms with Crippen molar-refractivity contribution in [1.29, 1.82) is 0 Å². The number of phenolic OH excluding ortho intramolecular Hbond substituents is 1. The second-order valence-corrected chi connectivity index (χ2v) is 6.17. The SMILES string of the molecule is Cc1cc(O)c(C(=O)OCC(C)C)cc1C(=O)OCC(C)C. The van der Waals surface area contributed by atoms with Crippen molar-refractivity contribution in [3.8, 4) is 5.75 Å². The van der Waals surface area contributed by atoms with E-state index in [1.165, 1.54) is 12.1 Å². The molecule has 0 aliphatic heterocycles. The van der Waals surface area contributed by atoms with E-state index in [0.717, 1.165) is 0 Å². The van der Waals surface area contributed by atoms with Gasteiger partial charge in [-0.15, -0.1) is 0 Å². The zero-order valence-electron chi connectivity index (χ0n) is 13.8. The van der Waals surface area contributed by atoms with Gasteiger partial charge in [0.2, 0.25) is 0 Å². The molecule has 0 saturated carbocycles. The van der Waals surface area contributed by atoms with Crippen LogP contribution in [0.2, 0.25) is 0 Å². The number of rotatable bonds is 6. The Balaban J connectivity index is 2.98. The van der Waals surface area contributed by atoms with Gasteiger partial charge in [-0.05, 0) is 36.5 Å². The van der Waals surface area contributed by atoms with Gasteiger partial charge in [-0.2, -0.15) is 0 Å². The number of carbonyl (C=O) groups excluding carboxylic acids is 2. The van der Waals surface area contributed by atoms with Crippen molar-refractivity contribution < 1.29 is 24.2 Å². The highest BCUT2D eigenvalue weighted by Crippen LogP contribution is 2.24. The number of benzene rings is 1. The van der Waals surface area contributed by atoms with E-state index in [1.54, 1.807) is 6.92 Å². The van der Waals surface area contributed by atoms with Crippen LogP contribution >= 0.6 is 0 Å². The van der Waals surface area contributed by atoms with Gasteiger partial charge in [0.15, 0.2) is 0 Å². The van der Waals surface area contributed by atoms with Gasteiger partial charge in [-0.1, -0.05) is 27.7 Å². The fourth-order valence-electron chi connectivity index (χ4n) is 1.72. The number of hydrogen-bond donors (Lipinski definition) is 1. The van der Waals surface area contributed by atoms with Crippen molar-refractivity contribution in [2.75, 3.05) is 13.2 Å². The maximum Gasteiger partial charge on any atom is 0.341 e. The van der Waals surface area contributed by atoms with E-state index in [2.05, 4.69) is 0 Å². The standard InChI is InChI=1S/C17H24O5/c1-10(2)8-21-16(19)13-7-14(15(18)6-12(13)5)17(20)22-9-11(3)4/h6-7,10-11,18H,8-9H2,1-5H3. The molecular weight excluding hydrogens is 284 g/mol. The summed E-state index contributed by atoms with van der Waals surface area (Å²) in [5.74, 6) is -0.955. The predicted molar refractivity (Wildman–Crippen MR) is 83.1 cm³/mol. The first kappa shape index (κ1) is 18.0. The third kappa shape index (κ3) is 5.06. The molecular formula is C17H24O5. The second-order valence-electron chi connectivity index (χ2n) is 6.17. The van der Waals surface area contributed by atoms with Crippen molar-refractivity contribution in [3.05, 3.63) is 28.8 Å². The van der Waals surface area contributed by atoms with Crippen LogP contribution in [-0.2, 0) is 9.47 Å². The maximum absolute atomic E-state index is 12.1. The summed E-state index contributed by atoms with van der Waals surface area (Å²) >= 11 is 0. The first-order chi connectivity index (χ1) is 10.2. The molecule has 122 valence electrons. The molecule has 0 spiro atoms. The van der Waals surface area contributed by atoms with Gasteiger partial charge >= 0.3 is 11.9 Å². The van der Waals surface area contributed by atoms with Crippen LogP contribution in [-0.4, -0.2) is 30.3 Å². The zero-order valence-corrected chi connectivity index (χ0v) is 13.8. The Hall–Kier alpha value is -2.04. The van der Waals surface area contributed by atoms with Crippen LogP contribution in [0.25, 0.3) is 0 Å². The van der Waals surface area contributed by atoms with Crippen molar-refractivity contribution in [1.82, 2.24) is 0 Å². The predicted octanol–water partition coefficient (Wildman–Crippen LogP) is 3.33. The maximum atomic E-state index is 12.1. The van der Waals surface area contributed by atoms with E-state index in [9.17, 15) is 14.7 Å². The molecule has 0 heterocycles. The largest absolute Gasteiger partial charge is 0.507 e. The average molecular weight is 308 g/mol. The third-order valence-electron chi connectivity index (χ3n) is 2.88. The van der Waals surface area contributed by atoms with Gasteiger partial charge in [0, 0.05) is 0 Å². The van der Waals surface area contributed by atoms with Crippen molar-refractivity contribution in [2.45, 2.75) is 34.6 Å². The average Bonchev–Trinajstić information content (AvgIpc) is 2.42. The summed E-state index contributed by atoms with van der Waals surface area (Å²) in [6.45, 7) is 9.92. The minimum Gasteiger partial charge on any atom is -0.507 e. The highest BCUT2D eigenvalue weighted by Gasteiger charge is 2.20. The molecule has 1 N–H and O–H groups in total. The topological polar surface area (TPSA) is 72.8 Å². The summed E-state index contributed by atoms with van der Waals surface area (Å²) in [4.78, 5) is 24.1. The molecule has 0 unspecified atom stereocenters. The fourth-order valence-corrected chi connectivity index (χ4v) is 1.72. The van der Waals surface area contributed by atoms with Gasteiger partial charge < -0.3 is 14.6 Å². The lowest BCUT2D eigenvalue weighted by molar-refractivity contribution is 0.0454. The number of phenols is 1. The Morgan fingerprint density at radius 3 is 1.86 bits per heavy atom. The highest BCUT2D eigenvalue weighted by molar-refractivity contribution is 5.98. The quantitative estimate of drug-likeness (QED) is 0.816. The highest BCUT2D eigenvalue weighted by atomic mass is 16.5. The Morgan fingerprint density at radius 2 is 1.41 bits per heavy atom. The zero-order chi connectivity index (χ0) is 16.9. The molecule has 0 saturated heterocycles. The molecule has 0 aromatic heterocycles. The lowest BCUT2D eigenvalue weighted by Crippen LogP contribution is -2.14.